The number of hydrogen-bond acceptors (Lipinski definition) is 11. The number of hydrazine groups is 1. The van der Waals surface area contributed by atoms with Gasteiger partial charge in [-0.05, 0) is 81.9 Å². The summed E-state index contributed by atoms with van der Waals surface area (Å²) in [6.07, 6.45) is 18.7. The smallest absolute Gasteiger partial charge is 0.244 e. The number of nitrogens with zero attached hydrogens (tertiary/aromatic N) is 9. The Labute approximate surface area is 288 Å². The lowest BCUT2D eigenvalue weighted by molar-refractivity contribution is 0.196. The number of aryl methyl sites for hydroxylation is 1. The predicted molar refractivity (Wildman–Crippen MR) is 192 cm³/mol. The molecule has 4 aromatic heterocycles. The van der Waals surface area contributed by atoms with E-state index < -0.39 is 0 Å². The fourth-order valence-electron chi connectivity index (χ4n) is 6.80. The van der Waals surface area contributed by atoms with Crippen LogP contribution in [0.1, 0.15) is 43.7 Å². The standard InChI is InChI=1S/C38H44N10O/c1-3-49-36-20-29(9-8-28(36)2)27-46-18-12-35(13-19-46)48(38-44-25-33(26-45-38)31-7-5-15-41-22-31)47(34-10-16-39-17-11-34)37-42-23-32(24-43-37)30-6-4-14-40-21-30/h4-9,14-15,20-26,34-35,39H,3,10-13,16-19,27H2,1-2H3. The molecule has 2 aliphatic rings. The number of nitrogens with one attached hydrogen (secondary N) is 1. The van der Waals surface area contributed by atoms with Gasteiger partial charge in [0.25, 0.3) is 0 Å². The number of ether oxygens (including phenoxy) is 1. The Kier molecular flexibility index (Phi) is 10.3. The van der Waals surface area contributed by atoms with Gasteiger partial charge < -0.3 is 10.1 Å². The summed E-state index contributed by atoms with van der Waals surface area (Å²) in [5.41, 5.74) is 6.29. The van der Waals surface area contributed by atoms with Gasteiger partial charge >= 0.3 is 0 Å². The summed E-state index contributed by atoms with van der Waals surface area (Å²) in [5, 5.41) is 8.13. The minimum Gasteiger partial charge on any atom is -0.494 e. The molecule has 0 amide bonds. The van der Waals surface area contributed by atoms with Gasteiger partial charge in [0.05, 0.1) is 18.7 Å². The summed E-state index contributed by atoms with van der Waals surface area (Å²) in [5.74, 6) is 2.29. The van der Waals surface area contributed by atoms with E-state index in [1.165, 1.54) is 11.1 Å². The number of rotatable bonds is 11. The maximum absolute atomic E-state index is 5.89. The summed E-state index contributed by atoms with van der Waals surface area (Å²) in [6, 6.07) is 14.9. The van der Waals surface area contributed by atoms with Crippen molar-refractivity contribution in [3.63, 3.8) is 0 Å². The Balaban J connectivity index is 1.19. The topological polar surface area (TPSA) is 108 Å². The second-order valence-corrected chi connectivity index (χ2v) is 12.7. The fraction of sp³-hybridized carbons (Fsp3) is 0.368. The molecule has 2 fully saturated rings. The Hall–Kier alpha value is -5.00. The largest absolute Gasteiger partial charge is 0.494 e. The van der Waals surface area contributed by atoms with E-state index in [4.69, 9.17) is 24.7 Å². The lowest BCUT2D eigenvalue weighted by Gasteiger charge is -2.47. The van der Waals surface area contributed by atoms with Crippen molar-refractivity contribution in [2.45, 2.75) is 58.2 Å². The third kappa shape index (κ3) is 7.68. The lowest BCUT2D eigenvalue weighted by Crippen LogP contribution is -2.59. The highest BCUT2D eigenvalue weighted by Gasteiger charge is 2.36. The van der Waals surface area contributed by atoms with E-state index in [9.17, 15) is 0 Å². The molecule has 0 atom stereocenters. The molecule has 2 saturated heterocycles. The highest BCUT2D eigenvalue weighted by molar-refractivity contribution is 5.62. The minimum absolute atomic E-state index is 0.161. The van der Waals surface area contributed by atoms with Gasteiger partial charge in [-0.2, -0.15) is 0 Å². The summed E-state index contributed by atoms with van der Waals surface area (Å²) >= 11 is 0. The highest BCUT2D eigenvalue weighted by Crippen LogP contribution is 2.31. The van der Waals surface area contributed by atoms with E-state index in [0.717, 1.165) is 86.4 Å². The number of pyridine rings is 2. The predicted octanol–water partition coefficient (Wildman–Crippen LogP) is 5.74. The summed E-state index contributed by atoms with van der Waals surface area (Å²) in [7, 11) is 0. The van der Waals surface area contributed by atoms with Crippen LogP contribution in [-0.4, -0.2) is 79.7 Å². The lowest BCUT2D eigenvalue weighted by atomic mass is 10.0. The Morgan fingerprint density at radius 2 is 1.27 bits per heavy atom. The average Bonchev–Trinajstić information content (AvgIpc) is 3.17. The maximum atomic E-state index is 5.89. The maximum Gasteiger partial charge on any atom is 0.244 e. The van der Waals surface area contributed by atoms with Crippen LogP contribution in [0, 0.1) is 6.92 Å². The van der Waals surface area contributed by atoms with Crippen molar-refractivity contribution in [1.82, 2.24) is 40.1 Å². The second kappa shape index (κ2) is 15.5. The van der Waals surface area contributed by atoms with Crippen molar-refractivity contribution in [3.05, 3.63) is 103 Å². The van der Waals surface area contributed by atoms with E-state index in [2.05, 4.69) is 55.3 Å². The molecule has 1 N–H and O–H groups in total. The molecule has 0 saturated carbocycles. The van der Waals surface area contributed by atoms with E-state index in [1.54, 1.807) is 12.4 Å². The van der Waals surface area contributed by atoms with E-state index in [0.29, 0.717) is 18.5 Å². The van der Waals surface area contributed by atoms with Crippen LogP contribution < -0.4 is 20.1 Å². The molecule has 7 rings (SSSR count). The molecule has 0 aliphatic carbocycles. The minimum atomic E-state index is 0.161. The first-order valence-corrected chi connectivity index (χ1v) is 17.3. The zero-order valence-corrected chi connectivity index (χ0v) is 28.3. The third-order valence-corrected chi connectivity index (χ3v) is 9.42. The van der Waals surface area contributed by atoms with Gasteiger partial charge in [0, 0.05) is 91.5 Å². The normalized spacial score (nSPS) is 16.0. The van der Waals surface area contributed by atoms with Gasteiger partial charge in [0.15, 0.2) is 0 Å². The molecule has 252 valence electrons. The van der Waals surface area contributed by atoms with Crippen molar-refractivity contribution >= 4 is 11.9 Å². The fourth-order valence-corrected chi connectivity index (χ4v) is 6.80. The van der Waals surface area contributed by atoms with Crippen LogP contribution in [0.5, 0.6) is 5.75 Å². The van der Waals surface area contributed by atoms with Gasteiger partial charge in [-0.1, -0.05) is 24.3 Å². The number of anilines is 2. The van der Waals surface area contributed by atoms with Crippen LogP contribution in [0.15, 0.2) is 92.0 Å². The van der Waals surface area contributed by atoms with Crippen molar-refractivity contribution in [1.29, 1.82) is 0 Å². The van der Waals surface area contributed by atoms with Crippen LogP contribution >= 0.6 is 0 Å². The Morgan fingerprint density at radius 1 is 0.714 bits per heavy atom. The molecule has 11 heteroatoms. The first kappa shape index (κ1) is 32.5. The number of hydrogen-bond donors (Lipinski definition) is 1. The molecule has 49 heavy (non-hydrogen) atoms. The van der Waals surface area contributed by atoms with E-state index in [-0.39, 0.29) is 12.1 Å². The second-order valence-electron chi connectivity index (χ2n) is 12.7. The highest BCUT2D eigenvalue weighted by atomic mass is 16.5. The zero-order valence-electron chi connectivity index (χ0n) is 28.3. The number of benzene rings is 1. The molecule has 0 radical (unpaired) electrons. The van der Waals surface area contributed by atoms with Crippen LogP contribution in [0.4, 0.5) is 11.9 Å². The molecule has 11 nitrogen and oxygen atoms in total. The van der Waals surface area contributed by atoms with Crippen molar-refractivity contribution in [2.24, 2.45) is 0 Å². The molecular formula is C38H44N10O. The number of piperidine rings is 2. The molecule has 0 spiro atoms. The van der Waals surface area contributed by atoms with Crippen LogP contribution in [0.25, 0.3) is 22.3 Å². The summed E-state index contributed by atoms with van der Waals surface area (Å²) in [4.78, 5) is 31.1. The molecular weight excluding hydrogens is 612 g/mol. The molecule has 5 aromatic rings. The quantitative estimate of drug-likeness (QED) is 0.176. The van der Waals surface area contributed by atoms with Gasteiger partial charge in [-0.15, -0.1) is 0 Å². The molecule has 0 unspecified atom stereocenters. The first-order valence-electron chi connectivity index (χ1n) is 17.3. The average molecular weight is 657 g/mol. The molecule has 0 bridgehead atoms. The third-order valence-electron chi connectivity index (χ3n) is 9.42. The molecule has 2 aliphatic heterocycles. The van der Waals surface area contributed by atoms with Crippen LogP contribution in [0.3, 0.4) is 0 Å². The molecule has 1 aromatic carbocycles. The SMILES string of the molecule is CCOc1cc(CN2CCC(N(c3ncc(-c4cccnc4)cn3)N(c3ncc(-c4cccnc4)cn3)C3CCNCC3)CC2)ccc1C. The summed E-state index contributed by atoms with van der Waals surface area (Å²) in [6.45, 7) is 9.46. The van der Waals surface area contributed by atoms with Gasteiger partial charge in [0.1, 0.15) is 5.75 Å². The molecule has 6 heterocycles. The van der Waals surface area contributed by atoms with Crippen molar-refractivity contribution < 1.29 is 4.74 Å². The number of aromatic nitrogens is 6. The van der Waals surface area contributed by atoms with Crippen molar-refractivity contribution in [3.8, 4) is 28.0 Å². The zero-order chi connectivity index (χ0) is 33.4. The Morgan fingerprint density at radius 3 is 1.78 bits per heavy atom. The first-order chi connectivity index (χ1) is 24.2. The van der Waals surface area contributed by atoms with Gasteiger partial charge in [-0.3, -0.25) is 14.9 Å². The van der Waals surface area contributed by atoms with E-state index in [1.807, 2.05) is 68.4 Å². The number of likely N-dealkylation sites (tertiary alicyclic amines) is 1. The Bertz CT molecular complexity index is 1760. The van der Waals surface area contributed by atoms with Crippen molar-refractivity contribution in [2.75, 3.05) is 42.8 Å². The summed E-state index contributed by atoms with van der Waals surface area (Å²) < 4.78 is 5.89. The van der Waals surface area contributed by atoms with E-state index >= 15 is 0 Å². The van der Waals surface area contributed by atoms with Gasteiger partial charge in [0.2, 0.25) is 11.9 Å². The van der Waals surface area contributed by atoms with Gasteiger partial charge in [-0.25, -0.2) is 30.0 Å². The monoisotopic (exact) mass is 656 g/mol. The van der Waals surface area contributed by atoms with Crippen LogP contribution in [-0.2, 0) is 6.54 Å². The van der Waals surface area contributed by atoms with Crippen LogP contribution in [0.2, 0.25) is 0 Å².